The van der Waals surface area contributed by atoms with Gasteiger partial charge in [-0.3, -0.25) is 14.5 Å². The van der Waals surface area contributed by atoms with Gasteiger partial charge in [-0.15, -0.1) is 0 Å². The second kappa shape index (κ2) is 7.92. The molecule has 6 saturated carbocycles. The SMILES string of the molecule is C=CCOC(=O)N1COC(=O)[C@@]12[C@@H](F)C[C@H]1[C@H](C(=O)O)C12CCOC(=O)C12CC3CC(CC(C3)C1)C2. The van der Waals surface area contributed by atoms with Gasteiger partial charge in [0.15, 0.2) is 12.3 Å². The van der Waals surface area contributed by atoms with E-state index in [2.05, 4.69) is 6.58 Å². The van der Waals surface area contributed by atoms with Crippen LogP contribution in [-0.2, 0) is 28.6 Å². The molecule has 6 aliphatic carbocycles. The van der Waals surface area contributed by atoms with Gasteiger partial charge in [0.25, 0.3) is 0 Å². The molecule has 36 heavy (non-hydrogen) atoms. The summed E-state index contributed by atoms with van der Waals surface area (Å²) >= 11 is 0. The van der Waals surface area contributed by atoms with Gasteiger partial charge in [0.1, 0.15) is 12.8 Å². The van der Waals surface area contributed by atoms with Crippen molar-refractivity contribution in [2.24, 2.45) is 40.4 Å². The van der Waals surface area contributed by atoms with Crippen molar-refractivity contribution >= 4 is 24.0 Å². The molecule has 1 unspecified atom stereocenters. The van der Waals surface area contributed by atoms with Crippen molar-refractivity contribution < 1.29 is 42.9 Å². The molecule has 7 aliphatic rings. The van der Waals surface area contributed by atoms with Gasteiger partial charge >= 0.3 is 24.0 Å². The molecule has 1 saturated heterocycles. The maximum absolute atomic E-state index is 15.6. The van der Waals surface area contributed by atoms with E-state index in [1.807, 2.05) is 0 Å². The smallest absolute Gasteiger partial charge is 0.413 e. The number of ether oxygens (including phenoxy) is 3. The molecule has 10 heteroatoms. The number of rotatable bonds is 7. The predicted molar refractivity (Wildman–Crippen MR) is 120 cm³/mol. The number of cyclic esters (lactones) is 1. The first-order chi connectivity index (χ1) is 17.2. The minimum absolute atomic E-state index is 0.0481. The second-order valence-corrected chi connectivity index (χ2v) is 11.9. The number of amides is 1. The third-order valence-corrected chi connectivity index (χ3v) is 10.2. The van der Waals surface area contributed by atoms with Crippen LogP contribution >= 0.6 is 0 Å². The molecule has 1 heterocycles. The van der Waals surface area contributed by atoms with Crippen LogP contribution in [0.4, 0.5) is 9.18 Å². The van der Waals surface area contributed by atoms with E-state index in [0.29, 0.717) is 17.8 Å². The van der Waals surface area contributed by atoms with Crippen molar-refractivity contribution in [3.05, 3.63) is 12.7 Å². The summed E-state index contributed by atoms with van der Waals surface area (Å²) in [6.45, 7) is 2.66. The number of hydrogen-bond donors (Lipinski definition) is 1. The molecule has 4 bridgehead atoms. The van der Waals surface area contributed by atoms with E-state index in [-0.39, 0.29) is 32.0 Å². The van der Waals surface area contributed by atoms with Crippen LogP contribution in [0.2, 0.25) is 0 Å². The van der Waals surface area contributed by atoms with E-state index in [1.54, 1.807) is 0 Å². The number of aliphatic carboxylic acids is 1. The molecule has 5 atom stereocenters. The molecule has 7 rings (SSSR count). The zero-order valence-electron chi connectivity index (χ0n) is 20.2. The average Bonchev–Trinajstić information content (AvgIpc) is 3.19. The Hall–Kier alpha value is -2.65. The molecule has 1 aliphatic heterocycles. The zero-order chi connectivity index (χ0) is 25.5. The number of carbonyl (C=O) groups is 4. The Morgan fingerprint density at radius 3 is 2.33 bits per heavy atom. The van der Waals surface area contributed by atoms with Crippen LogP contribution in [0.3, 0.4) is 0 Å². The quantitative estimate of drug-likeness (QED) is 0.319. The standard InChI is InChI=1S/C26H32FNO8/c1-2-4-35-23(33)28-13-36-22(32)26(28)18(27)9-17-19(20(29)30)25(17,26)3-5-34-21(31)24-10-14-6-15(11-24)8-16(7-14)12-24/h2,14-19H,1,3-13H2,(H,29,30)/t14?,15?,16?,17-,18-,19+,24?,25?,26+/m0/s1. The Balaban J connectivity index is 1.24. The lowest BCUT2D eigenvalue weighted by molar-refractivity contribution is -0.172. The average molecular weight is 506 g/mol. The number of esters is 2. The summed E-state index contributed by atoms with van der Waals surface area (Å²) in [5.74, 6) is -2.46. The molecule has 1 amide bonds. The third-order valence-electron chi connectivity index (χ3n) is 10.2. The molecule has 7 fully saturated rings. The van der Waals surface area contributed by atoms with Crippen LogP contribution in [0.5, 0.6) is 0 Å². The Morgan fingerprint density at radius 1 is 1.11 bits per heavy atom. The molecule has 196 valence electrons. The molecular formula is C26H32FNO8. The van der Waals surface area contributed by atoms with Crippen LogP contribution in [-0.4, -0.2) is 65.7 Å². The summed E-state index contributed by atoms with van der Waals surface area (Å²) in [4.78, 5) is 52.3. The number of carboxylic acids is 1. The van der Waals surface area contributed by atoms with E-state index in [0.717, 1.165) is 24.2 Å². The molecular weight excluding hydrogens is 473 g/mol. The van der Waals surface area contributed by atoms with E-state index >= 15 is 4.39 Å². The number of alkyl halides is 1. The van der Waals surface area contributed by atoms with E-state index in [9.17, 15) is 24.3 Å². The van der Waals surface area contributed by atoms with Gasteiger partial charge in [0, 0.05) is 5.41 Å². The lowest BCUT2D eigenvalue weighted by atomic mass is 9.49. The van der Waals surface area contributed by atoms with Crippen LogP contribution in [0.15, 0.2) is 12.7 Å². The third kappa shape index (κ3) is 2.93. The molecule has 0 aromatic carbocycles. The summed E-state index contributed by atoms with van der Waals surface area (Å²) in [6, 6.07) is 0. The van der Waals surface area contributed by atoms with Crippen LogP contribution in [0.1, 0.15) is 51.4 Å². The van der Waals surface area contributed by atoms with E-state index in [1.165, 1.54) is 25.3 Å². The largest absolute Gasteiger partial charge is 0.481 e. The van der Waals surface area contributed by atoms with Gasteiger partial charge in [0.05, 0.1) is 17.9 Å². The molecule has 1 spiro atoms. The predicted octanol–water partition coefficient (Wildman–Crippen LogP) is 3.07. The van der Waals surface area contributed by atoms with E-state index < -0.39 is 59.1 Å². The summed E-state index contributed by atoms with van der Waals surface area (Å²) in [5, 5.41) is 9.94. The zero-order valence-corrected chi connectivity index (χ0v) is 20.2. The first-order valence-corrected chi connectivity index (χ1v) is 13.0. The number of fused-ring (bicyclic) bond motifs is 2. The molecule has 1 N–H and O–H groups in total. The second-order valence-electron chi connectivity index (χ2n) is 11.9. The highest BCUT2D eigenvalue weighted by Crippen LogP contribution is 2.77. The maximum atomic E-state index is 15.6. The highest BCUT2D eigenvalue weighted by Gasteiger charge is 2.89. The van der Waals surface area contributed by atoms with Crippen molar-refractivity contribution in [2.45, 2.75) is 63.1 Å². The monoisotopic (exact) mass is 505 g/mol. The van der Waals surface area contributed by atoms with E-state index in [4.69, 9.17) is 14.2 Å². The summed E-state index contributed by atoms with van der Waals surface area (Å²) < 4.78 is 31.7. The minimum Gasteiger partial charge on any atom is -0.481 e. The van der Waals surface area contributed by atoms with Crippen LogP contribution in [0.25, 0.3) is 0 Å². The Labute approximate surface area is 208 Å². The molecule has 0 radical (unpaired) electrons. The Kier molecular flexibility index (Phi) is 5.22. The number of hydrogen-bond acceptors (Lipinski definition) is 7. The van der Waals surface area contributed by atoms with Gasteiger partial charge < -0.3 is 19.3 Å². The summed E-state index contributed by atoms with van der Waals surface area (Å²) in [7, 11) is 0. The van der Waals surface area contributed by atoms with Crippen molar-refractivity contribution in [3.8, 4) is 0 Å². The summed E-state index contributed by atoms with van der Waals surface area (Å²) in [6.07, 6.45) is 4.33. The first kappa shape index (κ1) is 23.7. The lowest BCUT2D eigenvalue weighted by Gasteiger charge is -2.55. The molecule has 0 aromatic heterocycles. The first-order valence-electron chi connectivity index (χ1n) is 13.0. The van der Waals surface area contributed by atoms with Gasteiger partial charge in [-0.25, -0.2) is 14.0 Å². The normalized spacial score (nSPS) is 45.4. The molecule has 9 nitrogen and oxygen atoms in total. The fraction of sp³-hybridized carbons (Fsp3) is 0.769. The maximum Gasteiger partial charge on any atom is 0.413 e. The fourth-order valence-corrected chi connectivity index (χ4v) is 9.41. The Morgan fingerprint density at radius 2 is 1.75 bits per heavy atom. The van der Waals surface area contributed by atoms with Gasteiger partial charge in [-0.2, -0.15) is 0 Å². The van der Waals surface area contributed by atoms with Crippen LogP contribution in [0, 0.1) is 40.4 Å². The lowest BCUT2D eigenvalue weighted by Crippen LogP contribution is -2.62. The topological polar surface area (TPSA) is 119 Å². The van der Waals surface area contributed by atoms with Crippen molar-refractivity contribution in [1.29, 1.82) is 0 Å². The number of carbonyl (C=O) groups excluding carboxylic acids is 3. The summed E-state index contributed by atoms with van der Waals surface area (Å²) in [5.41, 5.74) is -4.03. The van der Waals surface area contributed by atoms with Crippen LogP contribution < -0.4 is 0 Å². The minimum atomic E-state index is -2.12. The highest BCUT2D eigenvalue weighted by atomic mass is 19.1. The highest BCUT2D eigenvalue weighted by molar-refractivity contribution is 5.94. The Bertz CT molecular complexity index is 994. The number of nitrogens with zero attached hydrogens (tertiary/aromatic N) is 1. The molecule has 0 aromatic rings. The number of halogens is 1. The number of carboxylic acid groups (broad SMARTS) is 1. The van der Waals surface area contributed by atoms with Gasteiger partial charge in [-0.05, 0) is 75.0 Å². The van der Waals surface area contributed by atoms with Crippen molar-refractivity contribution in [3.63, 3.8) is 0 Å². The van der Waals surface area contributed by atoms with Crippen molar-refractivity contribution in [1.82, 2.24) is 4.90 Å². The fourth-order valence-electron chi connectivity index (χ4n) is 9.41. The van der Waals surface area contributed by atoms with Gasteiger partial charge in [-0.1, -0.05) is 12.7 Å². The van der Waals surface area contributed by atoms with Crippen molar-refractivity contribution in [2.75, 3.05) is 19.9 Å². The van der Waals surface area contributed by atoms with Gasteiger partial charge in [0.2, 0.25) is 0 Å².